The van der Waals surface area contributed by atoms with E-state index in [0.717, 1.165) is 12.3 Å². The van der Waals surface area contributed by atoms with Crippen molar-refractivity contribution >= 4 is 24.2 Å². The second-order valence-electron chi connectivity index (χ2n) is 7.40. The van der Waals surface area contributed by atoms with E-state index in [2.05, 4.69) is 0 Å². The van der Waals surface area contributed by atoms with Gasteiger partial charge in [-0.1, -0.05) is 39.0 Å². The van der Waals surface area contributed by atoms with Gasteiger partial charge in [0.05, 0.1) is 5.92 Å². The smallest absolute Gasteiger partial charge is 0.227 e. The molecule has 0 bridgehead atoms. The van der Waals surface area contributed by atoms with Crippen molar-refractivity contribution in [1.82, 2.24) is 9.80 Å². The van der Waals surface area contributed by atoms with Crippen molar-refractivity contribution < 1.29 is 9.59 Å². The number of hydrogen-bond acceptors (Lipinski definition) is 3. The fraction of sp³-hybridized carbons (Fsp3) is 0.889. The van der Waals surface area contributed by atoms with Crippen molar-refractivity contribution in [3.63, 3.8) is 0 Å². The molecule has 140 valence electrons. The van der Waals surface area contributed by atoms with E-state index in [-0.39, 0.29) is 36.2 Å². The molecule has 0 radical (unpaired) electrons. The van der Waals surface area contributed by atoms with Gasteiger partial charge in [0.2, 0.25) is 11.8 Å². The standard InChI is InChI=1S/C18H33N3O2.ClH/c1-14(15(2)19)18(23)21-12-10-20(11-13-21)17(22)9-8-16-6-4-3-5-7-16;/h14-16H,3-13,19H2,1-2H3;1H. The van der Waals surface area contributed by atoms with Gasteiger partial charge in [-0.05, 0) is 19.3 Å². The second kappa shape index (κ2) is 10.2. The molecule has 2 atom stereocenters. The fourth-order valence-corrected chi connectivity index (χ4v) is 3.65. The first kappa shape index (κ1) is 21.2. The summed E-state index contributed by atoms with van der Waals surface area (Å²) in [6.07, 6.45) is 8.33. The number of nitrogens with zero attached hydrogens (tertiary/aromatic N) is 2. The Balaban J connectivity index is 0.00000288. The van der Waals surface area contributed by atoms with E-state index in [0.29, 0.717) is 32.6 Å². The number of carbonyl (C=O) groups excluding carboxylic acids is 2. The first-order valence-corrected chi connectivity index (χ1v) is 9.31. The molecule has 2 amide bonds. The van der Waals surface area contributed by atoms with Gasteiger partial charge in [-0.3, -0.25) is 9.59 Å². The molecule has 2 N–H and O–H groups in total. The predicted molar refractivity (Wildman–Crippen MR) is 99.0 cm³/mol. The van der Waals surface area contributed by atoms with E-state index in [1.807, 2.05) is 23.6 Å². The lowest BCUT2D eigenvalue weighted by atomic mass is 9.86. The lowest BCUT2D eigenvalue weighted by Crippen LogP contribution is -2.53. The zero-order valence-electron chi connectivity index (χ0n) is 15.2. The van der Waals surface area contributed by atoms with Crippen LogP contribution in [0.15, 0.2) is 0 Å². The number of hydrogen-bond donors (Lipinski definition) is 1. The number of rotatable bonds is 5. The molecule has 2 rings (SSSR count). The van der Waals surface area contributed by atoms with Crippen LogP contribution in [0.5, 0.6) is 0 Å². The average molecular weight is 360 g/mol. The molecule has 1 saturated heterocycles. The lowest BCUT2D eigenvalue weighted by Gasteiger charge is -2.36. The molecule has 1 saturated carbocycles. The van der Waals surface area contributed by atoms with Crippen molar-refractivity contribution in [1.29, 1.82) is 0 Å². The third-order valence-corrected chi connectivity index (χ3v) is 5.61. The molecule has 2 aliphatic rings. The average Bonchev–Trinajstić information content (AvgIpc) is 2.59. The van der Waals surface area contributed by atoms with Gasteiger partial charge in [-0.25, -0.2) is 0 Å². The van der Waals surface area contributed by atoms with Crippen molar-refractivity contribution in [2.24, 2.45) is 17.6 Å². The van der Waals surface area contributed by atoms with E-state index < -0.39 is 0 Å². The Morgan fingerprint density at radius 1 is 1.00 bits per heavy atom. The van der Waals surface area contributed by atoms with Crippen LogP contribution < -0.4 is 5.73 Å². The van der Waals surface area contributed by atoms with Crippen LogP contribution in [0.25, 0.3) is 0 Å². The summed E-state index contributed by atoms with van der Waals surface area (Å²) in [5, 5.41) is 0. The number of halogens is 1. The number of carbonyl (C=O) groups is 2. The van der Waals surface area contributed by atoms with Crippen molar-refractivity contribution in [2.45, 2.75) is 64.8 Å². The van der Waals surface area contributed by atoms with Gasteiger partial charge in [0.15, 0.2) is 0 Å². The highest BCUT2D eigenvalue weighted by atomic mass is 35.5. The second-order valence-corrected chi connectivity index (χ2v) is 7.40. The van der Waals surface area contributed by atoms with E-state index in [1.54, 1.807) is 0 Å². The molecule has 0 aromatic rings. The Morgan fingerprint density at radius 3 is 2.08 bits per heavy atom. The zero-order chi connectivity index (χ0) is 16.8. The molecule has 24 heavy (non-hydrogen) atoms. The molecule has 2 unspecified atom stereocenters. The molecule has 0 aromatic heterocycles. The van der Waals surface area contributed by atoms with E-state index in [1.165, 1.54) is 32.1 Å². The van der Waals surface area contributed by atoms with Crippen LogP contribution >= 0.6 is 12.4 Å². The third kappa shape index (κ3) is 5.92. The third-order valence-electron chi connectivity index (χ3n) is 5.61. The molecular weight excluding hydrogens is 326 g/mol. The minimum atomic E-state index is -0.149. The minimum absolute atomic E-state index is 0. The van der Waals surface area contributed by atoms with Crippen LogP contribution in [0, 0.1) is 11.8 Å². The largest absolute Gasteiger partial charge is 0.339 e. The van der Waals surface area contributed by atoms with Gasteiger partial charge >= 0.3 is 0 Å². The molecule has 5 nitrogen and oxygen atoms in total. The van der Waals surface area contributed by atoms with E-state index in [4.69, 9.17) is 5.73 Å². The zero-order valence-corrected chi connectivity index (χ0v) is 16.0. The Kier molecular flexibility index (Phi) is 9.06. The Morgan fingerprint density at radius 2 is 1.54 bits per heavy atom. The maximum atomic E-state index is 12.4. The minimum Gasteiger partial charge on any atom is -0.339 e. The van der Waals surface area contributed by atoms with Crippen LogP contribution in [-0.4, -0.2) is 53.8 Å². The summed E-state index contributed by atoms with van der Waals surface area (Å²) in [6, 6.07) is -0.127. The van der Waals surface area contributed by atoms with Gasteiger partial charge in [0.1, 0.15) is 0 Å². The lowest BCUT2D eigenvalue weighted by molar-refractivity contribution is -0.142. The SMILES string of the molecule is CC(N)C(C)C(=O)N1CCN(C(=O)CCC2CCCCC2)CC1.Cl. The van der Waals surface area contributed by atoms with Gasteiger partial charge in [-0.2, -0.15) is 0 Å². The normalized spacial score (nSPS) is 21.8. The maximum absolute atomic E-state index is 12.4. The first-order valence-electron chi connectivity index (χ1n) is 9.31. The monoisotopic (exact) mass is 359 g/mol. The molecule has 1 aliphatic heterocycles. The molecule has 0 aromatic carbocycles. The van der Waals surface area contributed by atoms with Crippen molar-refractivity contribution in [3.8, 4) is 0 Å². The van der Waals surface area contributed by atoms with Crippen LogP contribution in [0.1, 0.15) is 58.8 Å². The molecule has 1 aliphatic carbocycles. The fourth-order valence-electron chi connectivity index (χ4n) is 3.65. The molecule has 1 heterocycles. The topological polar surface area (TPSA) is 66.6 Å². The Bertz CT molecular complexity index is 403. The highest BCUT2D eigenvalue weighted by Gasteiger charge is 2.28. The van der Waals surface area contributed by atoms with Gasteiger partial charge in [0.25, 0.3) is 0 Å². The highest BCUT2D eigenvalue weighted by Crippen LogP contribution is 2.27. The summed E-state index contributed by atoms with van der Waals surface area (Å²) in [5.41, 5.74) is 5.82. The van der Waals surface area contributed by atoms with Crippen LogP contribution in [0.2, 0.25) is 0 Å². The number of piperazine rings is 1. The first-order chi connectivity index (χ1) is 11.0. The summed E-state index contributed by atoms with van der Waals surface area (Å²) < 4.78 is 0. The number of amides is 2. The molecule has 6 heteroatoms. The van der Waals surface area contributed by atoms with Crippen LogP contribution in [-0.2, 0) is 9.59 Å². The van der Waals surface area contributed by atoms with Crippen molar-refractivity contribution in [2.75, 3.05) is 26.2 Å². The molecule has 0 spiro atoms. The molecular formula is C18H34ClN3O2. The predicted octanol–water partition coefficient (Wildman–Crippen LogP) is 2.42. The van der Waals surface area contributed by atoms with Crippen LogP contribution in [0.3, 0.4) is 0 Å². The summed E-state index contributed by atoms with van der Waals surface area (Å²) in [6.45, 7) is 6.38. The van der Waals surface area contributed by atoms with Gasteiger partial charge < -0.3 is 15.5 Å². The molecule has 2 fully saturated rings. The van der Waals surface area contributed by atoms with Crippen LogP contribution in [0.4, 0.5) is 0 Å². The van der Waals surface area contributed by atoms with Gasteiger partial charge in [-0.15, -0.1) is 12.4 Å². The highest BCUT2D eigenvalue weighted by molar-refractivity contribution is 5.85. The van der Waals surface area contributed by atoms with E-state index in [9.17, 15) is 9.59 Å². The maximum Gasteiger partial charge on any atom is 0.227 e. The Hall–Kier alpha value is -0.810. The Labute approximate surface area is 152 Å². The number of nitrogens with two attached hydrogens (primary N) is 1. The van der Waals surface area contributed by atoms with Crippen molar-refractivity contribution in [3.05, 3.63) is 0 Å². The summed E-state index contributed by atoms with van der Waals surface area (Å²) in [5.74, 6) is 0.989. The van der Waals surface area contributed by atoms with E-state index >= 15 is 0 Å². The van der Waals surface area contributed by atoms with Gasteiger partial charge in [0, 0.05) is 38.6 Å². The quantitative estimate of drug-likeness (QED) is 0.819. The summed E-state index contributed by atoms with van der Waals surface area (Å²) in [7, 11) is 0. The summed E-state index contributed by atoms with van der Waals surface area (Å²) >= 11 is 0. The summed E-state index contributed by atoms with van der Waals surface area (Å²) in [4.78, 5) is 28.4.